The molecular weight excluding hydrogens is 194 g/mol. The van der Waals surface area contributed by atoms with Crippen molar-refractivity contribution in [3.8, 4) is 0 Å². The predicted molar refractivity (Wildman–Crippen MR) is 64.8 cm³/mol. The second-order valence-electron chi connectivity index (χ2n) is 2.73. The van der Waals surface area contributed by atoms with Crippen LogP contribution in [-0.2, 0) is 0 Å². The summed E-state index contributed by atoms with van der Waals surface area (Å²) in [5, 5.41) is 4.92. The highest BCUT2D eigenvalue weighted by atomic mass is 32.2. The zero-order chi connectivity index (χ0) is 10.4. The number of anilines is 1. The predicted octanol–water partition coefficient (Wildman–Crippen LogP) is 1.63. The Morgan fingerprint density at radius 1 is 1.43 bits per heavy atom. The third-order valence-electron chi connectivity index (χ3n) is 1.81. The Morgan fingerprint density at radius 3 is 2.57 bits per heavy atom. The van der Waals surface area contributed by atoms with Crippen molar-refractivity contribution in [1.29, 1.82) is 0 Å². The molecule has 1 aromatic rings. The minimum Gasteiger partial charge on any atom is -0.398 e. The Labute approximate surface area is 88.6 Å². The molecule has 4 heteroatoms. The van der Waals surface area contributed by atoms with Crippen LogP contribution in [0, 0.1) is 0 Å². The van der Waals surface area contributed by atoms with Gasteiger partial charge < -0.3 is 16.8 Å². The fourth-order valence-electron chi connectivity index (χ4n) is 1.04. The molecule has 0 radical (unpaired) electrons. The first kappa shape index (κ1) is 10.9. The molecule has 1 rings (SSSR count). The molecule has 0 spiro atoms. The normalized spacial score (nSPS) is 11.4. The lowest BCUT2D eigenvalue weighted by atomic mass is 10.1. The second kappa shape index (κ2) is 5.57. The Bertz CT molecular complexity index is 306. The van der Waals surface area contributed by atoms with Crippen LogP contribution in [0.15, 0.2) is 29.7 Å². The molecule has 0 bridgehead atoms. The fourth-order valence-corrected chi connectivity index (χ4v) is 1.45. The minimum atomic E-state index is 0.551. The summed E-state index contributed by atoms with van der Waals surface area (Å²) in [6.45, 7) is 0. The molecule has 76 valence electrons. The van der Waals surface area contributed by atoms with Crippen molar-refractivity contribution in [3.05, 3.63) is 35.2 Å². The third-order valence-corrected chi connectivity index (χ3v) is 2.43. The summed E-state index contributed by atoms with van der Waals surface area (Å²) < 4.78 is 0. The maximum absolute atomic E-state index is 5.84. The highest BCUT2D eigenvalue weighted by Gasteiger charge is 1.95. The van der Waals surface area contributed by atoms with Crippen molar-refractivity contribution >= 4 is 23.1 Å². The lowest BCUT2D eigenvalue weighted by Crippen LogP contribution is -1.97. The van der Waals surface area contributed by atoms with Crippen molar-refractivity contribution in [1.82, 2.24) is 0 Å². The van der Waals surface area contributed by atoms with Gasteiger partial charge in [-0.25, -0.2) is 0 Å². The molecule has 0 saturated carbocycles. The average Bonchev–Trinajstić information content (AvgIpc) is 2.26. The smallest absolute Gasteiger partial charge is 0.0452 e. The van der Waals surface area contributed by atoms with Gasteiger partial charge in [-0.3, -0.25) is 0 Å². The van der Waals surface area contributed by atoms with Gasteiger partial charge in [0.2, 0.25) is 0 Å². The van der Waals surface area contributed by atoms with E-state index in [9.17, 15) is 0 Å². The van der Waals surface area contributed by atoms with E-state index < -0.39 is 0 Å². The van der Waals surface area contributed by atoms with E-state index in [1.807, 2.05) is 36.7 Å². The highest BCUT2D eigenvalue weighted by Crippen LogP contribution is 2.15. The Kier molecular flexibility index (Phi) is 4.35. The van der Waals surface area contributed by atoms with E-state index in [1.54, 1.807) is 0 Å². The molecule has 0 aliphatic rings. The molecule has 0 heterocycles. The maximum atomic E-state index is 5.84. The summed E-state index contributed by atoms with van der Waals surface area (Å²) in [6, 6.07) is 7.94. The number of thioether (sulfide) groups is 1. The van der Waals surface area contributed by atoms with Gasteiger partial charge in [0.1, 0.15) is 0 Å². The zero-order valence-electron chi connectivity index (χ0n) is 8.16. The molecular formula is C10H15N3S. The lowest BCUT2D eigenvalue weighted by Gasteiger charge is -2.03. The van der Waals surface area contributed by atoms with Crippen LogP contribution in [-0.4, -0.2) is 12.9 Å². The first-order chi connectivity index (χ1) is 6.77. The van der Waals surface area contributed by atoms with Gasteiger partial charge in [-0.15, -0.1) is 11.8 Å². The number of hydrogen-bond acceptors (Lipinski definition) is 4. The number of rotatable bonds is 4. The first-order valence-electron chi connectivity index (χ1n) is 4.33. The van der Waals surface area contributed by atoms with E-state index in [0.717, 1.165) is 16.9 Å². The second-order valence-corrected chi connectivity index (χ2v) is 3.64. The van der Waals surface area contributed by atoms with Crippen LogP contribution in [0.2, 0.25) is 0 Å². The molecule has 0 atom stereocenters. The van der Waals surface area contributed by atoms with Crippen molar-refractivity contribution in [2.45, 2.75) is 0 Å². The summed E-state index contributed by atoms with van der Waals surface area (Å²) in [4.78, 5) is 0. The Morgan fingerprint density at radius 2 is 2.07 bits per heavy atom. The van der Waals surface area contributed by atoms with Crippen LogP contribution < -0.4 is 16.8 Å². The van der Waals surface area contributed by atoms with Gasteiger partial charge in [-0.05, 0) is 23.1 Å². The van der Waals surface area contributed by atoms with Gasteiger partial charge >= 0.3 is 0 Å². The largest absolute Gasteiger partial charge is 0.398 e. The monoisotopic (exact) mass is 209 g/mol. The van der Waals surface area contributed by atoms with Gasteiger partial charge in [0.25, 0.3) is 0 Å². The molecule has 0 unspecified atom stereocenters. The lowest BCUT2D eigenvalue weighted by molar-refractivity contribution is 1.41. The zero-order valence-corrected chi connectivity index (χ0v) is 8.97. The molecule has 3 nitrogen and oxygen atoms in total. The molecule has 14 heavy (non-hydrogen) atoms. The van der Waals surface area contributed by atoms with Gasteiger partial charge in [0, 0.05) is 24.3 Å². The van der Waals surface area contributed by atoms with Crippen LogP contribution >= 0.6 is 11.8 Å². The third kappa shape index (κ3) is 2.97. The van der Waals surface area contributed by atoms with Crippen LogP contribution in [0.4, 0.5) is 5.69 Å². The Hall–Kier alpha value is -1.13. The molecule has 0 aliphatic carbocycles. The average molecular weight is 209 g/mol. The quantitative estimate of drug-likeness (QED) is 0.660. The summed E-state index contributed by atoms with van der Waals surface area (Å²) in [6.07, 6.45) is 0. The van der Waals surface area contributed by atoms with Crippen LogP contribution in [0.3, 0.4) is 0 Å². The van der Waals surface area contributed by atoms with Crippen LogP contribution in [0.25, 0.3) is 5.70 Å². The number of nitrogens with one attached hydrogen (secondary N) is 1. The Balaban J connectivity index is 2.76. The van der Waals surface area contributed by atoms with E-state index in [4.69, 9.17) is 11.5 Å². The molecule has 0 aliphatic heterocycles. The molecule has 0 amide bonds. The summed E-state index contributed by atoms with van der Waals surface area (Å²) in [5.41, 5.74) is 14.0. The van der Waals surface area contributed by atoms with Crippen molar-refractivity contribution < 1.29 is 0 Å². The van der Waals surface area contributed by atoms with Crippen LogP contribution in [0.5, 0.6) is 0 Å². The van der Waals surface area contributed by atoms with Gasteiger partial charge in [-0.2, -0.15) is 0 Å². The summed E-state index contributed by atoms with van der Waals surface area (Å²) in [5.74, 6) is 0.551. The SMILES string of the molecule is CNc1ccc(/C(N)=C/SCN)cc1. The van der Waals surface area contributed by atoms with E-state index in [1.165, 1.54) is 11.8 Å². The van der Waals surface area contributed by atoms with E-state index >= 15 is 0 Å². The van der Waals surface area contributed by atoms with Gasteiger partial charge in [0.15, 0.2) is 0 Å². The number of nitrogens with two attached hydrogens (primary N) is 2. The van der Waals surface area contributed by atoms with Gasteiger partial charge in [-0.1, -0.05) is 12.1 Å². The van der Waals surface area contributed by atoms with E-state index in [-0.39, 0.29) is 0 Å². The standard InChI is InChI=1S/C10H15N3S/c1-13-9-4-2-8(3-5-9)10(12)6-14-7-11/h2-6,13H,7,11-12H2,1H3/b10-6-. The number of benzene rings is 1. The van der Waals surface area contributed by atoms with Crippen molar-refractivity contribution in [2.24, 2.45) is 11.5 Å². The van der Waals surface area contributed by atoms with Crippen molar-refractivity contribution in [2.75, 3.05) is 18.2 Å². The first-order valence-corrected chi connectivity index (χ1v) is 5.38. The molecule has 0 aromatic heterocycles. The summed E-state index contributed by atoms with van der Waals surface area (Å²) >= 11 is 1.50. The summed E-state index contributed by atoms with van der Waals surface area (Å²) in [7, 11) is 1.89. The maximum Gasteiger partial charge on any atom is 0.0452 e. The minimum absolute atomic E-state index is 0.551. The van der Waals surface area contributed by atoms with E-state index in [0.29, 0.717) is 5.88 Å². The molecule has 0 saturated heterocycles. The fraction of sp³-hybridized carbons (Fsp3) is 0.200. The number of hydrogen-bond donors (Lipinski definition) is 3. The van der Waals surface area contributed by atoms with Crippen molar-refractivity contribution in [3.63, 3.8) is 0 Å². The van der Waals surface area contributed by atoms with Crippen LogP contribution in [0.1, 0.15) is 5.56 Å². The van der Waals surface area contributed by atoms with E-state index in [2.05, 4.69) is 5.32 Å². The van der Waals surface area contributed by atoms with Gasteiger partial charge in [0.05, 0.1) is 0 Å². The molecule has 5 N–H and O–H groups in total. The highest BCUT2D eigenvalue weighted by molar-refractivity contribution is 8.02. The molecule has 1 aromatic carbocycles. The topological polar surface area (TPSA) is 64.1 Å². The molecule has 0 fully saturated rings.